The van der Waals surface area contributed by atoms with Gasteiger partial charge in [0.25, 0.3) is 0 Å². The largest absolute Gasteiger partial charge is 0.472 e. The van der Waals surface area contributed by atoms with E-state index in [1.54, 1.807) is 12.2 Å². The van der Waals surface area contributed by atoms with Gasteiger partial charge in [-0.2, -0.15) is 0 Å². The molecular weight excluding hydrogens is 1310 g/mol. The van der Waals surface area contributed by atoms with Gasteiger partial charge >= 0.3 is 39.5 Å². The highest BCUT2D eigenvalue weighted by molar-refractivity contribution is 7.47. The summed E-state index contributed by atoms with van der Waals surface area (Å²) in [5, 5.41) is 10.6. The normalized spacial score (nSPS) is 15.2. The molecule has 0 aromatic heterocycles. The molecule has 3 N–H and O–H groups in total. The Hall–Kier alpha value is -6.36. The number of aliphatic hydroxyl groups excluding tert-OH is 1. The molecule has 0 radical (unpaired) electrons. The fourth-order valence-electron chi connectivity index (χ4n) is 8.43. The number of phosphoric acid groups is 2. The maximum absolute atomic E-state index is 13.1. The zero-order valence-corrected chi connectivity index (χ0v) is 62.6. The van der Waals surface area contributed by atoms with Crippen LogP contribution in [0.4, 0.5) is 0 Å². The van der Waals surface area contributed by atoms with Crippen LogP contribution in [0.25, 0.3) is 0 Å². The minimum atomic E-state index is -5.02. The van der Waals surface area contributed by atoms with E-state index in [1.165, 1.54) is 0 Å². The van der Waals surface area contributed by atoms with Crippen molar-refractivity contribution >= 4 is 39.5 Å². The van der Waals surface area contributed by atoms with Crippen LogP contribution >= 0.6 is 15.6 Å². The number of hydrogen-bond donors (Lipinski definition) is 3. The first-order chi connectivity index (χ1) is 48.7. The van der Waals surface area contributed by atoms with Crippen LogP contribution in [0, 0.1) is 0 Å². The lowest BCUT2D eigenvalue weighted by Gasteiger charge is -2.21. The maximum Gasteiger partial charge on any atom is 0.472 e. The third-order valence-electron chi connectivity index (χ3n) is 13.8. The Morgan fingerprint density at radius 2 is 0.520 bits per heavy atom. The molecular formula is C81H124O17P2. The van der Waals surface area contributed by atoms with E-state index in [1.807, 2.05) is 42.5 Å². The summed E-state index contributed by atoms with van der Waals surface area (Å²) in [4.78, 5) is 72.6. The molecule has 0 aromatic carbocycles. The Morgan fingerprint density at radius 1 is 0.290 bits per heavy atom. The molecule has 5 atom stereocenters. The van der Waals surface area contributed by atoms with Crippen LogP contribution in [0.1, 0.15) is 220 Å². The van der Waals surface area contributed by atoms with Gasteiger partial charge in [0.15, 0.2) is 12.2 Å². The van der Waals surface area contributed by atoms with Gasteiger partial charge in [-0.15, -0.1) is 0 Å². The van der Waals surface area contributed by atoms with E-state index in [-0.39, 0.29) is 25.7 Å². The van der Waals surface area contributed by atoms with Crippen LogP contribution in [0.3, 0.4) is 0 Å². The predicted molar refractivity (Wildman–Crippen MR) is 408 cm³/mol. The number of esters is 4. The van der Waals surface area contributed by atoms with E-state index in [9.17, 15) is 43.2 Å². The first-order valence-corrected chi connectivity index (χ1v) is 39.3. The van der Waals surface area contributed by atoms with Crippen LogP contribution in [-0.4, -0.2) is 96.7 Å². The summed E-state index contributed by atoms with van der Waals surface area (Å²) in [5.74, 6) is -2.57. The number of ether oxygens (including phenoxy) is 4. The Labute approximate surface area is 601 Å². The van der Waals surface area contributed by atoms with Crippen molar-refractivity contribution in [2.24, 2.45) is 0 Å². The number of carbonyl (C=O) groups excluding carboxylic acids is 4. The van der Waals surface area contributed by atoms with E-state index in [0.29, 0.717) is 32.1 Å². The first-order valence-electron chi connectivity index (χ1n) is 36.3. The first kappa shape index (κ1) is 93.6. The third-order valence-corrected chi connectivity index (χ3v) is 15.7. The maximum atomic E-state index is 13.1. The van der Waals surface area contributed by atoms with Crippen molar-refractivity contribution in [2.45, 2.75) is 239 Å². The van der Waals surface area contributed by atoms with E-state index < -0.39 is 97.5 Å². The molecule has 0 saturated heterocycles. The summed E-state index contributed by atoms with van der Waals surface area (Å²) < 4.78 is 68.0. The molecule has 100 heavy (non-hydrogen) atoms. The summed E-state index contributed by atoms with van der Waals surface area (Å²) in [6, 6.07) is 0. The average molecular weight is 1430 g/mol. The minimum Gasteiger partial charge on any atom is -0.461 e. The molecule has 0 saturated carbocycles. The molecule has 0 rings (SSSR count). The van der Waals surface area contributed by atoms with Crippen LogP contribution in [0.15, 0.2) is 207 Å². The van der Waals surface area contributed by atoms with Crippen LogP contribution in [0.2, 0.25) is 0 Å². The lowest BCUT2D eigenvalue weighted by Crippen LogP contribution is -2.30. The zero-order valence-electron chi connectivity index (χ0n) is 60.8. The summed E-state index contributed by atoms with van der Waals surface area (Å²) in [5.41, 5.74) is 0. The average Bonchev–Trinajstić information content (AvgIpc) is 1.01. The second-order valence-electron chi connectivity index (χ2n) is 23.0. The number of unbranched alkanes of at least 4 members (excludes halogenated alkanes) is 7. The minimum absolute atomic E-state index is 0.0115. The Morgan fingerprint density at radius 3 is 0.820 bits per heavy atom. The topological polar surface area (TPSA) is 237 Å². The molecule has 0 fully saturated rings. The molecule has 5 unspecified atom stereocenters. The van der Waals surface area contributed by atoms with E-state index in [2.05, 4.69) is 180 Å². The van der Waals surface area contributed by atoms with Gasteiger partial charge in [-0.25, -0.2) is 9.13 Å². The zero-order chi connectivity index (χ0) is 73.2. The number of allylic oxidation sites excluding steroid dienone is 32. The van der Waals surface area contributed by atoms with Crippen molar-refractivity contribution in [1.82, 2.24) is 0 Å². The summed E-state index contributed by atoms with van der Waals surface area (Å²) >= 11 is 0. The van der Waals surface area contributed by atoms with Crippen molar-refractivity contribution in [2.75, 3.05) is 39.6 Å². The highest BCUT2D eigenvalue weighted by Gasteiger charge is 2.30. The van der Waals surface area contributed by atoms with Crippen LogP contribution in [-0.2, 0) is 65.4 Å². The van der Waals surface area contributed by atoms with Crippen molar-refractivity contribution in [1.29, 1.82) is 0 Å². The van der Waals surface area contributed by atoms with Gasteiger partial charge in [0.2, 0.25) is 0 Å². The predicted octanol–water partition coefficient (Wildman–Crippen LogP) is 20.8. The van der Waals surface area contributed by atoms with Crippen molar-refractivity contribution in [3.8, 4) is 0 Å². The molecule has 0 aliphatic rings. The highest BCUT2D eigenvalue weighted by atomic mass is 31.2. The fraction of sp³-hybridized carbons (Fsp3) is 0.531. The van der Waals surface area contributed by atoms with Gasteiger partial charge in [-0.3, -0.25) is 37.3 Å². The quantitative estimate of drug-likeness (QED) is 0.0169. The summed E-state index contributed by atoms with van der Waals surface area (Å²) in [6.07, 6.45) is 87.6. The fourth-order valence-corrected chi connectivity index (χ4v) is 10.0. The van der Waals surface area contributed by atoms with Crippen LogP contribution in [0.5, 0.6) is 0 Å². The summed E-state index contributed by atoms with van der Waals surface area (Å²) in [6.45, 7) is 4.04. The molecule has 19 heteroatoms. The Balaban J connectivity index is 5.57. The third kappa shape index (κ3) is 70.1. The number of aliphatic hydroxyl groups is 1. The van der Waals surface area contributed by atoms with Gasteiger partial charge < -0.3 is 33.8 Å². The molecule has 0 amide bonds. The molecule has 0 aliphatic heterocycles. The van der Waals surface area contributed by atoms with Gasteiger partial charge in [0, 0.05) is 12.8 Å². The second kappa shape index (κ2) is 71.1. The molecule has 17 nitrogen and oxygen atoms in total. The molecule has 0 bridgehead atoms. The SMILES string of the molecule is CC/C=C\C/C=C\C/C=C\C/C=C\C/C=C\CC(=O)OCC(COP(=O)(O)OCC(O)COP(=O)(O)OCC(COC(=O)C/C=C\C/C=C\C/C=C\C/C=C\C/C=C\CC)OC(=O)CCCCCCC/C=C\C/C=C\C/C=C\CC)OC(=O)CCCC/C=C\C/C=C\C/C=C\C/C=C\CC. The van der Waals surface area contributed by atoms with E-state index in [0.717, 1.165) is 135 Å². The van der Waals surface area contributed by atoms with E-state index >= 15 is 0 Å². The number of hydrogen-bond acceptors (Lipinski definition) is 15. The Kier molecular flexibility index (Phi) is 66.5. The molecule has 0 heterocycles. The number of carbonyl (C=O) groups is 4. The van der Waals surface area contributed by atoms with Gasteiger partial charge in [-0.1, -0.05) is 254 Å². The monoisotopic (exact) mass is 1430 g/mol. The smallest absolute Gasteiger partial charge is 0.461 e. The van der Waals surface area contributed by atoms with Crippen molar-refractivity contribution in [3.05, 3.63) is 207 Å². The standard InChI is InChI=1S/C81H124O17P2/c1-5-9-13-17-21-25-29-33-37-41-45-49-53-57-61-65-78(83)91-71-76(97-80(85)67-63-59-55-51-47-43-39-35-31-27-23-19-15-11-7-3)73-95-99(87,88)93-69-75(82)70-94-100(89,90)96-74-77(98-81(86)68-64-60-56-52-48-44-40-36-32-28-24-20-16-12-8-4)72-92-79(84)66-62-58-54-50-46-42-38-34-30-26-22-18-14-10-6-2/h9-16,21-28,33-40,45-47,49-51,57-58,61-62,75-77,82H,5-8,17-20,29-32,41-44,48,52-56,59-60,63-74H2,1-4H3,(H,87,88)(H,89,90)/b13-9-,14-10-,15-11-,16-12-,25-21-,26-22-,27-23-,28-24-,37-33-,38-34-,39-35-,40-36-,49-45-,50-46-,51-47-,61-57-,62-58-. The van der Waals surface area contributed by atoms with Gasteiger partial charge in [0.05, 0.1) is 39.3 Å². The van der Waals surface area contributed by atoms with Crippen molar-refractivity contribution in [3.63, 3.8) is 0 Å². The molecule has 0 aliphatic carbocycles. The number of phosphoric ester groups is 2. The second-order valence-corrected chi connectivity index (χ2v) is 25.9. The Bertz CT molecular complexity index is 2720. The number of rotatable bonds is 65. The van der Waals surface area contributed by atoms with E-state index in [4.69, 9.17) is 37.0 Å². The molecule has 0 spiro atoms. The van der Waals surface area contributed by atoms with Crippen LogP contribution < -0.4 is 0 Å². The van der Waals surface area contributed by atoms with Crippen molar-refractivity contribution < 1.29 is 80.2 Å². The summed E-state index contributed by atoms with van der Waals surface area (Å²) in [7, 11) is -10.0. The van der Waals surface area contributed by atoms with Gasteiger partial charge in [-0.05, 0) is 148 Å². The molecule has 560 valence electrons. The highest BCUT2D eigenvalue weighted by Crippen LogP contribution is 2.45. The molecule has 0 aromatic rings. The van der Waals surface area contributed by atoms with Gasteiger partial charge in [0.1, 0.15) is 19.3 Å². The lowest BCUT2D eigenvalue weighted by atomic mass is 10.1. The lowest BCUT2D eigenvalue weighted by molar-refractivity contribution is -0.161.